The number of rotatable bonds is 2. The average Bonchev–Trinajstić information content (AvgIpc) is 3.38. The Morgan fingerprint density at radius 3 is 2.38 bits per heavy atom. The molecule has 0 aliphatic carbocycles. The summed E-state index contributed by atoms with van der Waals surface area (Å²) in [5.41, 5.74) is 3.70. The van der Waals surface area contributed by atoms with Gasteiger partial charge in [-0.2, -0.15) is 0 Å². The maximum atomic E-state index is 13.2. The van der Waals surface area contributed by atoms with Crippen molar-refractivity contribution in [2.24, 2.45) is 0 Å². The van der Waals surface area contributed by atoms with Gasteiger partial charge in [0, 0.05) is 18.7 Å². The van der Waals surface area contributed by atoms with Gasteiger partial charge in [0.1, 0.15) is 5.82 Å². The van der Waals surface area contributed by atoms with Gasteiger partial charge in [-0.3, -0.25) is 19.1 Å². The van der Waals surface area contributed by atoms with Gasteiger partial charge in [-0.25, -0.2) is 9.97 Å². The van der Waals surface area contributed by atoms with E-state index in [1.54, 1.807) is 39.8 Å². The summed E-state index contributed by atoms with van der Waals surface area (Å²) >= 11 is 0. The number of imidazole rings is 1. The lowest BCUT2D eigenvalue weighted by Crippen LogP contribution is -2.29. The third kappa shape index (κ3) is 2.68. The molecule has 0 bridgehead atoms. The predicted octanol–water partition coefficient (Wildman–Crippen LogP) is 3.70. The van der Waals surface area contributed by atoms with Crippen molar-refractivity contribution in [3.05, 3.63) is 94.5 Å². The molecule has 3 aromatic carbocycles. The predicted molar refractivity (Wildman–Crippen MR) is 123 cm³/mol. The third-order valence-electron chi connectivity index (χ3n) is 5.98. The molecule has 3 heterocycles. The molecular formula is C25H19N5O2. The van der Waals surface area contributed by atoms with Gasteiger partial charge in [-0.15, -0.1) is 0 Å². The van der Waals surface area contributed by atoms with Crippen LogP contribution < -0.4 is 10.5 Å². The largest absolute Gasteiger partial charge is 0.308 e. The van der Waals surface area contributed by atoms with Crippen LogP contribution in [-0.4, -0.2) is 31.6 Å². The second-order valence-electron chi connectivity index (χ2n) is 7.87. The Morgan fingerprint density at radius 2 is 1.56 bits per heavy atom. The minimum atomic E-state index is -0.125. The topological polar surface area (TPSA) is 73.0 Å². The zero-order chi connectivity index (χ0) is 21.8. The van der Waals surface area contributed by atoms with Gasteiger partial charge in [0.25, 0.3) is 11.5 Å². The van der Waals surface area contributed by atoms with E-state index in [0.717, 1.165) is 17.6 Å². The molecule has 0 N–H and O–H groups in total. The lowest BCUT2D eigenvalue weighted by molar-refractivity contribution is 0.0989. The monoisotopic (exact) mass is 421 g/mol. The molecule has 0 saturated heterocycles. The van der Waals surface area contributed by atoms with E-state index < -0.39 is 0 Å². The van der Waals surface area contributed by atoms with Crippen molar-refractivity contribution in [1.29, 1.82) is 0 Å². The molecule has 32 heavy (non-hydrogen) atoms. The summed E-state index contributed by atoms with van der Waals surface area (Å²) in [4.78, 5) is 37.2. The van der Waals surface area contributed by atoms with Crippen LogP contribution in [0.3, 0.4) is 0 Å². The van der Waals surface area contributed by atoms with Crippen LogP contribution in [0.1, 0.15) is 16.2 Å². The molecular weight excluding hydrogens is 402 g/mol. The van der Waals surface area contributed by atoms with E-state index in [0.29, 0.717) is 40.5 Å². The van der Waals surface area contributed by atoms with E-state index in [1.807, 2.05) is 49.4 Å². The summed E-state index contributed by atoms with van der Waals surface area (Å²) in [5, 5.41) is 0.564. The average molecular weight is 421 g/mol. The number of anilines is 1. The molecule has 1 amide bonds. The lowest BCUT2D eigenvalue weighted by Gasteiger charge is -2.15. The van der Waals surface area contributed by atoms with Crippen LogP contribution >= 0.6 is 0 Å². The molecule has 0 unspecified atom stereocenters. The summed E-state index contributed by atoms with van der Waals surface area (Å²) in [7, 11) is 0. The van der Waals surface area contributed by atoms with Crippen LogP contribution in [0.15, 0.2) is 77.6 Å². The molecule has 5 aromatic rings. The number of hydrogen-bond donors (Lipinski definition) is 0. The Balaban J connectivity index is 1.36. The number of hydrogen-bond acceptors (Lipinski definition) is 4. The fraction of sp³-hybridized carbons (Fsp3) is 0.120. The molecule has 0 atom stereocenters. The first-order chi connectivity index (χ1) is 15.6. The highest BCUT2D eigenvalue weighted by atomic mass is 16.2. The summed E-state index contributed by atoms with van der Waals surface area (Å²) in [6.07, 6.45) is 0. The fourth-order valence-electron chi connectivity index (χ4n) is 4.44. The molecule has 156 valence electrons. The number of carbonyl (C=O) groups excluding carboxylic acids is 1. The number of aromatic nitrogens is 4. The Morgan fingerprint density at radius 1 is 0.844 bits per heavy atom. The van der Waals surface area contributed by atoms with E-state index in [-0.39, 0.29) is 11.5 Å². The Hall–Kier alpha value is -4.26. The quantitative estimate of drug-likeness (QED) is 0.436. The molecule has 0 radical (unpaired) electrons. The van der Waals surface area contributed by atoms with Crippen molar-refractivity contribution < 1.29 is 4.79 Å². The molecule has 0 spiro atoms. The van der Waals surface area contributed by atoms with Crippen LogP contribution in [0.25, 0.3) is 27.6 Å². The number of benzene rings is 3. The van der Waals surface area contributed by atoms with Crippen LogP contribution in [0.4, 0.5) is 5.95 Å². The van der Waals surface area contributed by atoms with Gasteiger partial charge in [-0.1, -0.05) is 24.3 Å². The summed E-state index contributed by atoms with van der Waals surface area (Å²) in [6, 6.07) is 22.3. The normalized spacial score (nSPS) is 13.1. The summed E-state index contributed by atoms with van der Waals surface area (Å²) in [5.74, 6) is 1.17. The molecule has 0 fully saturated rings. The number of amides is 1. The van der Waals surface area contributed by atoms with Crippen molar-refractivity contribution in [3.8, 4) is 5.69 Å². The first kappa shape index (κ1) is 18.5. The summed E-state index contributed by atoms with van der Waals surface area (Å²) in [6.45, 7) is 3.11. The van der Waals surface area contributed by atoms with Gasteiger partial charge < -0.3 is 4.57 Å². The van der Waals surface area contributed by atoms with Gasteiger partial charge in [-0.05, 0) is 55.5 Å². The standard InChI is InChI=1S/C25H19N5O2/c1-16-26-20-7-3-2-6-19(20)24(32)30(16)18-12-10-17(11-13-18)23(31)29-15-14-28-22-9-5-4-8-21(22)27-25(28)29/h2-13H,14-15H2,1H3. The molecule has 2 aromatic heterocycles. The molecule has 1 aliphatic rings. The maximum Gasteiger partial charge on any atom is 0.265 e. The fourth-order valence-corrected chi connectivity index (χ4v) is 4.44. The van der Waals surface area contributed by atoms with Crippen molar-refractivity contribution >= 4 is 33.8 Å². The second-order valence-corrected chi connectivity index (χ2v) is 7.87. The van der Waals surface area contributed by atoms with Gasteiger partial charge in [0.05, 0.1) is 27.6 Å². The minimum absolute atomic E-state index is 0.105. The zero-order valence-corrected chi connectivity index (χ0v) is 17.4. The molecule has 0 saturated carbocycles. The zero-order valence-electron chi connectivity index (χ0n) is 17.4. The highest BCUT2D eigenvalue weighted by Gasteiger charge is 2.29. The molecule has 7 heteroatoms. The van der Waals surface area contributed by atoms with Gasteiger partial charge in [0.2, 0.25) is 5.95 Å². The van der Waals surface area contributed by atoms with E-state index in [1.165, 1.54) is 0 Å². The minimum Gasteiger partial charge on any atom is -0.308 e. The van der Waals surface area contributed by atoms with Gasteiger partial charge in [0.15, 0.2) is 0 Å². The Kier molecular flexibility index (Phi) is 3.98. The van der Waals surface area contributed by atoms with E-state index in [4.69, 9.17) is 0 Å². The smallest absolute Gasteiger partial charge is 0.265 e. The number of nitrogens with zero attached hydrogens (tertiary/aromatic N) is 5. The Labute approximate surface area is 183 Å². The molecule has 1 aliphatic heterocycles. The highest BCUT2D eigenvalue weighted by molar-refractivity contribution is 6.06. The number of aryl methyl sites for hydroxylation is 1. The van der Waals surface area contributed by atoms with Crippen LogP contribution in [-0.2, 0) is 6.54 Å². The Bertz CT molecular complexity index is 1580. The molecule has 6 rings (SSSR count). The SMILES string of the molecule is Cc1nc2ccccc2c(=O)n1-c1ccc(C(=O)N2CCn3c2nc2ccccc23)cc1. The second kappa shape index (κ2) is 6.88. The van der Waals surface area contributed by atoms with Gasteiger partial charge >= 0.3 is 0 Å². The molecule has 7 nitrogen and oxygen atoms in total. The highest BCUT2D eigenvalue weighted by Crippen LogP contribution is 2.28. The number of para-hydroxylation sites is 3. The van der Waals surface area contributed by atoms with E-state index in [9.17, 15) is 9.59 Å². The summed E-state index contributed by atoms with van der Waals surface area (Å²) < 4.78 is 3.65. The maximum absolute atomic E-state index is 13.2. The van der Waals surface area contributed by atoms with Crippen molar-refractivity contribution in [1.82, 2.24) is 19.1 Å². The van der Waals surface area contributed by atoms with E-state index in [2.05, 4.69) is 14.5 Å². The number of fused-ring (bicyclic) bond motifs is 4. The first-order valence-corrected chi connectivity index (χ1v) is 10.5. The number of carbonyl (C=O) groups is 1. The van der Waals surface area contributed by atoms with Crippen molar-refractivity contribution in [3.63, 3.8) is 0 Å². The van der Waals surface area contributed by atoms with Crippen molar-refractivity contribution in [2.45, 2.75) is 13.5 Å². The van der Waals surface area contributed by atoms with E-state index >= 15 is 0 Å². The lowest BCUT2D eigenvalue weighted by atomic mass is 10.1. The van der Waals surface area contributed by atoms with Crippen molar-refractivity contribution in [2.75, 3.05) is 11.4 Å². The first-order valence-electron chi connectivity index (χ1n) is 10.5. The van der Waals surface area contributed by atoms with Crippen LogP contribution in [0.5, 0.6) is 0 Å². The third-order valence-corrected chi connectivity index (χ3v) is 5.98. The van der Waals surface area contributed by atoms with Crippen LogP contribution in [0.2, 0.25) is 0 Å². The van der Waals surface area contributed by atoms with Crippen LogP contribution in [0, 0.1) is 6.92 Å².